The van der Waals surface area contributed by atoms with Crippen molar-refractivity contribution in [3.05, 3.63) is 41.1 Å². The Balaban J connectivity index is 2.12. The average Bonchev–Trinajstić information content (AvgIpc) is 2.40. The number of rotatable bonds is 4. The fraction of sp³-hybridized carbons (Fsp3) is 0.167. The number of aromatic nitrogens is 2. The second-order valence-electron chi connectivity index (χ2n) is 3.73. The van der Waals surface area contributed by atoms with Crippen LogP contribution in [0.3, 0.4) is 0 Å². The number of anilines is 2. The maximum absolute atomic E-state index is 13.7. The maximum Gasteiger partial charge on any atom is 0.218 e. The molecule has 0 aliphatic rings. The number of hydrogen-bond acceptors (Lipinski definition) is 5. The van der Waals surface area contributed by atoms with E-state index in [2.05, 4.69) is 15.3 Å². The number of nitrogens with zero attached hydrogens (tertiary/aromatic N) is 2. The van der Waals surface area contributed by atoms with Crippen molar-refractivity contribution < 1.29 is 4.39 Å². The van der Waals surface area contributed by atoms with Gasteiger partial charge in [0, 0.05) is 23.3 Å². The normalized spacial score (nSPS) is 10.5. The smallest absolute Gasteiger partial charge is 0.218 e. The Morgan fingerprint density at radius 1 is 1.47 bits per heavy atom. The highest BCUT2D eigenvalue weighted by Crippen LogP contribution is 2.30. The molecule has 0 radical (unpaired) electrons. The van der Waals surface area contributed by atoms with Crippen LogP contribution in [0.1, 0.15) is 5.56 Å². The monoisotopic (exact) mass is 298 g/mol. The number of pyridine rings is 2. The van der Waals surface area contributed by atoms with Crippen molar-refractivity contribution in [2.75, 3.05) is 18.1 Å². The zero-order valence-corrected chi connectivity index (χ0v) is 11.7. The number of nitrogen functional groups attached to an aromatic ring is 1. The van der Waals surface area contributed by atoms with Crippen LogP contribution in [0.5, 0.6) is 0 Å². The Morgan fingerprint density at radius 3 is 2.95 bits per heavy atom. The first kappa shape index (κ1) is 13.9. The Kier molecular flexibility index (Phi) is 4.44. The van der Waals surface area contributed by atoms with E-state index < -0.39 is 5.95 Å². The summed E-state index contributed by atoms with van der Waals surface area (Å²) < 4.78 is 13.7. The van der Waals surface area contributed by atoms with Crippen molar-refractivity contribution in [3.63, 3.8) is 0 Å². The molecule has 7 heteroatoms. The quantitative estimate of drug-likeness (QED) is 0.670. The van der Waals surface area contributed by atoms with E-state index in [4.69, 9.17) is 17.3 Å². The van der Waals surface area contributed by atoms with Gasteiger partial charge in [0.15, 0.2) is 0 Å². The maximum atomic E-state index is 13.7. The molecule has 19 heavy (non-hydrogen) atoms. The summed E-state index contributed by atoms with van der Waals surface area (Å²) in [6.45, 7) is 0. The molecule has 2 rings (SSSR count). The van der Waals surface area contributed by atoms with Crippen molar-refractivity contribution in [2.24, 2.45) is 0 Å². The minimum atomic E-state index is -0.488. The van der Waals surface area contributed by atoms with E-state index in [1.54, 1.807) is 25.2 Å². The molecule has 0 aliphatic carbocycles. The van der Waals surface area contributed by atoms with Crippen LogP contribution in [-0.4, -0.2) is 17.0 Å². The van der Waals surface area contributed by atoms with Gasteiger partial charge in [-0.25, -0.2) is 9.97 Å². The first-order valence-electron chi connectivity index (χ1n) is 5.47. The van der Waals surface area contributed by atoms with Gasteiger partial charge in [0.1, 0.15) is 11.0 Å². The minimum absolute atomic E-state index is 0.362. The zero-order chi connectivity index (χ0) is 13.8. The van der Waals surface area contributed by atoms with Gasteiger partial charge in [0.2, 0.25) is 5.95 Å². The lowest BCUT2D eigenvalue weighted by molar-refractivity contribution is 0.575. The molecule has 2 heterocycles. The van der Waals surface area contributed by atoms with Gasteiger partial charge >= 0.3 is 0 Å². The van der Waals surface area contributed by atoms with E-state index in [9.17, 15) is 4.39 Å². The van der Waals surface area contributed by atoms with Gasteiger partial charge in [0.25, 0.3) is 0 Å². The molecule has 2 aromatic rings. The summed E-state index contributed by atoms with van der Waals surface area (Å²) in [7, 11) is 1.69. The van der Waals surface area contributed by atoms with Crippen molar-refractivity contribution in [1.82, 2.24) is 9.97 Å². The Hall–Kier alpha value is -1.53. The average molecular weight is 299 g/mol. The lowest BCUT2D eigenvalue weighted by Crippen LogP contribution is -1.98. The first-order chi connectivity index (χ1) is 9.10. The van der Waals surface area contributed by atoms with Gasteiger partial charge in [-0.1, -0.05) is 11.6 Å². The number of nitrogens with two attached hydrogens (primary N) is 1. The topological polar surface area (TPSA) is 63.8 Å². The summed E-state index contributed by atoms with van der Waals surface area (Å²) in [6, 6.07) is 5.08. The van der Waals surface area contributed by atoms with Crippen LogP contribution in [0, 0.1) is 5.95 Å². The number of halogens is 2. The number of nitrogens with one attached hydrogen (secondary N) is 1. The summed E-state index contributed by atoms with van der Waals surface area (Å²) in [5, 5.41) is 3.14. The minimum Gasteiger partial charge on any atom is -0.397 e. The molecule has 0 bridgehead atoms. The molecule has 0 amide bonds. The fourth-order valence-corrected chi connectivity index (χ4v) is 2.58. The third-order valence-corrected chi connectivity index (χ3v) is 3.75. The van der Waals surface area contributed by atoms with E-state index in [-0.39, 0.29) is 0 Å². The van der Waals surface area contributed by atoms with Gasteiger partial charge in [-0.15, -0.1) is 11.8 Å². The van der Waals surface area contributed by atoms with Crippen LogP contribution in [-0.2, 0) is 5.75 Å². The van der Waals surface area contributed by atoms with Crippen molar-refractivity contribution in [2.45, 2.75) is 10.6 Å². The molecule has 0 saturated heterocycles. The SMILES string of the molecule is CNc1ccc(CSc2cc(Cl)ncc2N)c(F)n1. The van der Waals surface area contributed by atoms with Gasteiger partial charge in [0.05, 0.1) is 11.9 Å². The van der Waals surface area contributed by atoms with Gasteiger partial charge in [-0.05, 0) is 18.2 Å². The predicted octanol–water partition coefficient (Wildman–Crippen LogP) is 3.19. The molecule has 100 valence electrons. The van der Waals surface area contributed by atoms with Crippen molar-refractivity contribution in [1.29, 1.82) is 0 Å². The highest BCUT2D eigenvalue weighted by atomic mass is 35.5. The summed E-state index contributed by atoms with van der Waals surface area (Å²) >= 11 is 7.19. The standard InChI is InChI=1S/C12H12ClFN4S/c1-16-11-3-2-7(12(14)18-11)6-19-9-4-10(13)17-5-8(9)15/h2-5H,6,15H2,1H3,(H,16,18). The molecule has 3 N–H and O–H groups in total. The summed E-state index contributed by atoms with van der Waals surface area (Å²) in [5.41, 5.74) is 6.81. The second-order valence-corrected chi connectivity index (χ2v) is 5.13. The third kappa shape index (κ3) is 3.48. The van der Waals surface area contributed by atoms with Crippen LogP contribution < -0.4 is 11.1 Å². The zero-order valence-electron chi connectivity index (χ0n) is 10.2. The molecule has 0 aliphatic heterocycles. The highest BCUT2D eigenvalue weighted by Gasteiger charge is 2.08. The molecular weight excluding hydrogens is 287 g/mol. The summed E-state index contributed by atoms with van der Waals surface area (Å²) in [4.78, 5) is 8.43. The molecule has 0 fully saturated rings. The Labute approximate surface area is 119 Å². The number of hydrogen-bond donors (Lipinski definition) is 2. The highest BCUT2D eigenvalue weighted by molar-refractivity contribution is 7.98. The largest absolute Gasteiger partial charge is 0.397 e. The fourth-order valence-electron chi connectivity index (χ4n) is 1.41. The molecule has 0 saturated carbocycles. The Bertz CT molecular complexity index is 594. The van der Waals surface area contributed by atoms with Crippen molar-refractivity contribution >= 4 is 34.9 Å². The van der Waals surface area contributed by atoms with Crippen LogP contribution in [0.15, 0.2) is 29.3 Å². The van der Waals surface area contributed by atoms with E-state index in [1.165, 1.54) is 18.0 Å². The molecular formula is C12H12ClFN4S. The Morgan fingerprint density at radius 2 is 2.26 bits per heavy atom. The summed E-state index contributed by atoms with van der Waals surface area (Å²) in [6.07, 6.45) is 1.49. The molecule has 0 spiro atoms. The van der Waals surface area contributed by atoms with Crippen LogP contribution >= 0.6 is 23.4 Å². The predicted molar refractivity (Wildman–Crippen MR) is 77.0 cm³/mol. The summed E-state index contributed by atoms with van der Waals surface area (Å²) in [5.74, 6) is 0.434. The van der Waals surface area contributed by atoms with Crippen LogP contribution in [0.2, 0.25) is 5.15 Å². The van der Waals surface area contributed by atoms with Gasteiger partial charge in [-0.2, -0.15) is 4.39 Å². The molecule has 0 unspecified atom stereocenters. The molecule has 4 nitrogen and oxygen atoms in total. The van der Waals surface area contributed by atoms with Crippen LogP contribution in [0.4, 0.5) is 15.9 Å². The molecule has 0 atom stereocenters. The third-order valence-electron chi connectivity index (χ3n) is 2.43. The van der Waals surface area contributed by atoms with E-state index in [0.717, 1.165) is 4.90 Å². The van der Waals surface area contributed by atoms with E-state index in [0.29, 0.717) is 28.0 Å². The number of thioether (sulfide) groups is 1. The van der Waals surface area contributed by atoms with Gasteiger partial charge in [-0.3, -0.25) is 0 Å². The lowest BCUT2D eigenvalue weighted by atomic mass is 10.3. The van der Waals surface area contributed by atoms with E-state index >= 15 is 0 Å². The van der Waals surface area contributed by atoms with E-state index in [1.807, 2.05) is 0 Å². The van der Waals surface area contributed by atoms with Gasteiger partial charge < -0.3 is 11.1 Å². The van der Waals surface area contributed by atoms with Crippen LogP contribution in [0.25, 0.3) is 0 Å². The van der Waals surface area contributed by atoms with Crippen molar-refractivity contribution in [3.8, 4) is 0 Å². The molecule has 0 aromatic carbocycles. The first-order valence-corrected chi connectivity index (χ1v) is 6.83. The second kappa shape index (κ2) is 6.08. The molecule has 2 aromatic heterocycles. The lowest BCUT2D eigenvalue weighted by Gasteiger charge is -2.07.